The molecule has 29 heavy (non-hydrogen) atoms. The third-order valence-electron chi connectivity index (χ3n) is 6.59. The first kappa shape index (κ1) is 20.1. The number of hydrogen-bond donors (Lipinski definition) is 0. The molecule has 0 bridgehead atoms. The van der Waals surface area contributed by atoms with E-state index in [4.69, 9.17) is 0 Å². The van der Waals surface area contributed by atoms with Crippen LogP contribution in [0, 0.1) is 20.8 Å². The molecule has 154 valence electrons. The Kier molecular flexibility index (Phi) is 6.28. The van der Waals surface area contributed by atoms with E-state index in [0.29, 0.717) is 6.04 Å². The van der Waals surface area contributed by atoms with E-state index in [1.165, 1.54) is 85.1 Å². The molecule has 2 aliphatic carbocycles. The number of allylic oxidation sites excluding steroid dienone is 5. The minimum absolute atomic E-state index is 0.627. The summed E-state index contributed by atoms with van der Waals surface area (Å²) < 4.78 is 0. The normalized spacial score (nSPS) is 23.4. The number of rotatable bonds is 2. The Morgan fingerprint density at radius 2 is 1.55 bits per heavy atom. The van der Waals surface area contributed by atoms with Crippen LogP contribution in [0.25, 0.3) is 0 Å². The van der Waals surface area contributed by atoms with Crippen molar-refractivity contribution in [2.24, 2.45) is 0 Å². The summed E-state index contributed by atoms with van der Waals surface area (Å²) in [4.78, 5) is 5.11. The highest BCUT2D eigenvalue weighted by molar-refractivity contribution is 5.67. The summed E-state index contributed by atoms with van der Waals surface area (Å²) in [5.41, 5.74) is 6.91. The summed E-state index contributed by atoms with van der Waals surface area (Å²) in [6, 6.07) is 5.27. The fourth-order valence-electron chi connectivity index (χ4n) is 5.31. The Morgan fingerprint density at radius 3 is 2.28 bits per heavy atom. The first-order chi connectivity index (χ1) is 14.1. The number of anilines is 1. The van der Waals surface area contributed by atoms with Crippen LogP contribution in [0.4, 0.5) is 5.69 Å². The van der Waals surface area contributed by atoms with E-state index in [-0.39, 0.29) is 0 Å². The Hall–Kier alpha value is -2.22. The summed E-state index contributed by atoms with van der Waals surface area (Å²) in [6.07, 6.45) is 25.4. The van der Waals surface area contributed by atoms with Crippen LogP contribution < -0.4 is 4.90 Å². The molecule has 0 spiro atoms. The van der Waals surface area contributed by atoms with Crippen molar-refractivity contribution in [3.05, 3.63) is 76.9 Å². The lowest BCUT2D eigenvalue weighted by Crippen LogP contribution is -2.33. The highest BCUT2D eigenvalue weighted by Gasteiger charge is 2.31. The van der Waals surface area contributed by atoms with Crippen molar-refractivity contribution < 1.29 is 0 Å². The van der Waals surface area contributed by atoms with Crippen LogP contribution in [0.15, 0.2) is 60.2 Å². The lowest BCUT2D eigenvalue weighted by Gasteiger charge is -2.34. The molecule has 1 fully saturated rings. The summed E-state index contributed by atoms with van der Waals surface area (Å²) in [7, 11) is 0. The standard InChI is InChI=1S/C27H36N2/c1-21-19-22(2)26(23(3)20-21)29-18-17-28(25-15-11-7-8-12-16-25)27(29)24-13-9-5-4-6-10-14-24/h4-5,9,13,17-20,25H,6-8,10-12,14-16H2,1-3H3. The van der Waals surface area contributed by atoms with Crippen molar-refractivity contribution in [2.45, 2.75) is 84.6 Å². The maximum atomic E-state index is 2.62. The van der Waals surface area contributed by atoms with Gasteiger partial charge in [-0.2, -0.15) is 0 Å². The van der Waals surface area contributed by atoms with E-state index in [9.17, 15) is 0 Å². The van der Waals surface area contributed by atoms with E-state index in [1.54, 1.807) is 0 Å². The average Bonchev–Trinajstić information content (AvgIpc) is 2.89. The van der Waals surface area contributed by atoms with Crippen molar-refractivity contribution in [3.63, 3.8) is 0 Å². The molecule has 0 aromatic heterocycles. The number of benzene rings is 1. The predicted molar refractivity (Wildman–Crippen MR) is 125 cm³/mol. The quantitative estimate of drug-likeness (QED) is 0.486. The van der Waals surface area contributed by atoms with E-state index < -0.39 is 0 Å². The molecule has 0 saturated heterocycles. The molecule has 1 aliphatic heterocycles. The summed E-state index contributed by atoms with van der Waals surface area (Å²) in [5.74, 6) is 1.40. The molecule has 1 heterocycles. The molecule has 2 heteroatoms. The Morgan fingerprint density at radius 1 is 0.828 bits per heavy atom. The minimum atomic E-state index is 0.627. The SMILES string of the molecule is Cc1cc(C)c(N2C=CN(C3CCCCCC3)C2=C2C=CC=CCCC2)c(C)c1. The molecule has 1 saturated carbocycles. The summed E-state index contributed by atoms with van der Waals surface area (Å²) >= 11 is 0. The third-order valence-corrected chi connectivity index (χ3v) is 6.59. The monoisotopic (exact) mass is 388 g/mol. The van der Waals surface area contributed by atoms with Crippen molar-refractivity contribution >= 4 is 5.69 Å². The van der Waals surface area contributed by atoms with Gasteiger partial charge in [0.2, 0.25) is 0 Å². The molecule has 2 nitrogen and oxygen atoms in total. The molecule has 0 N–H and O–H groups in total. The minimum Gasteiger partial charge on any atom is -0.329 e. The second-order valence-corrected chi connectivity index (χ2v) is 9.00. The van der Waals surface area contributed by atoms with Gasteiger partial charge < -0.3 is 9.80 Å². The van der Waals surface area contributed by atoms with Crippen molar-refractivity contribution in [1.82, 2.24) is 4.90 Å². The molecule has 1 aromatic rings. The largest absolute Gasteiger partial charge is 0.329 e. The van der Waals surface area contributed by atoms with Crippen LogP contribution >= 0.6 is 0 Å². The van der Waals surface area contributed by atoms with Crippen molar-refractivity contribution in [1.29, 1.82) is 0 Å². The van der Waals surface area contributed by atoms with E-state index in [2.05, 4.69) is 79.4 Å². The Balaban J connectivity index is 1.80. The topological polar surface area (TPSA) is 6.48 Å². The highest BCUT2D eigenvalue weighted by atomic mass is 15.4. The van der Waals surface area contributed by atoms with Crippen LogP contribution in [0.5, 0.6) is 0 Å². The lowest BCUT2D eigenvalue weighted by atomic mass is 10.0. The molecular weight excluding hydrogens is 352 g/mol. The summed E-state index contributed by atoms with van der Waals surface area (Å²) in [5, 5.41) is 0. The molecule has 4 rings (SSSR count). The van der Waals surface area contributed by atoms with Gasteiger partial charge in [-0.1, -0.05) is 67.7 Å². The van der Waals surface area contributed by atoms with Crippen LogP contribution in [-0.4, -0.2) is 10.9 Å². The highest BCUT2D eigenvalue weighted by Crippen LogP contribution is 2.39. The van der Waals surface area contributed by atoms with Crippen LogP contribution in [0.3, 0.4) is 0 Å². The Labute approximate surface area is 177 Å². The molecule has 0 unspecified atom stereocenters. The maximum absolute atomic E-state index is 2.62. The predicted octanol–water partition coefficient (Wildman–Crippen LogP) is 7.44. The zero-order valence-electron chi connectivity index (χ0n) is 18.5. The second kappa shape index (κ2) is 9.07. The first-order valence-electron chi connectivity index (χ1n) is 11.6. The van der Waals surface area contributed by atoms with E-state index >= 15 is 0 Å². The summed E-state index contributed by atoms with van der Waals surface area (Å²) in [6.45, 7) is 6.72. The van der Waals surface area contributed by atoms with Gasteiger partial charge in [0.1, 0.15) is 5.82 Å². The molecule has 0 amide bonds. The van der Waals surface area contributed by atoms with Crippen LogP contribution in [-0.2, 0) is 0 Å². The second-order valence-electron chi connectivity index (χ2n) is 9.00. The van der Waals surface area contributed by atoms with Crippen LogP contribution in [0.2, 0.25) is 0 Å². The molecule has 3 aliphatic rings. The van der Waals surface area contributed by atoms with Gasteiger partial charge in [-0.25, -0.2) is 0 Å². The van der Waals surface area contributed by atoms with Gasteiger partial charge >= 0.3 is 0 Å². The maximum Gasteiger partial charge on any atom is 0.120 e. The molecule has 1 aromatic carbocycles. The van der Waals surface area contributed by atoms with Gasteiger partial charge in [0.05, 0.1) is 5.69 Å². The van der Waals surface area contributed by atoms with Gasteiger partial charge in [-0.05, 0) is 69.6 Å². The fraction of sp³-hybridized carbons (Fsp3) is 0.481. The molecule has 0 radical (unpaired) electrons. The van der Waals surface area contributed by atoms with Gasteiger partial charge in [0.25, 0.3) is 0 Å². The molecular formula is C27H36N2. The third kappa shape index (κ3) is 4.37. The van der Waals surface area contributed by atoms with Gasteiger partial charge in [-0.3, -0.25) is 0 Å². The Bertz CT molecular complexity index is 824. The van der Waals surface area contributed by atoms with E-state index in [1.807, 2.05) is 0 Å². The number of hydrogen-bond acceptors (Lipinski definition) is 2. The number of aryl methyl sites for hydroxylation is 3. The first-order valence-corrected chi connectivity index (χ1v) is 11.6. The zero-order chi connectivity index (χ0) is 20.2. The van der Waals surface area contributed by atoms with Crippen molar-refractivity contribution in [3.8, 4) is 0 Å². The molecule has 0 atom stereocenters. The smallest absolute Gasteiger partial charge is 0.120 e. The fourth-order valence-corrected chi connectivity index (χ4v) is 5.31. The average molecular weight is 389 g/mol. The number of nitrogens with zero attached hydrogens (tertiary/aromatic N) is 2. The van der Waals surface area contributed by atoms with Gasteiger partial charge in [0.15, 0.2) is 0 Å². The van der Waals surface area contributed by atoms with E-state index in [0.717, 1.165) is 6.42 Å². The van der Waals surface area contributed by atoms with Gasteiger partial charge in [0, 0.05) is 18.4 Å². The van der Waals surface area contributed by atoms with Crippen molar-refractivity contribution in [2.75, 3.05) is 4.90 Å². The van der Waals surface area contributed by atoms with Crippen LogP contribution in [0.1, 0.15) is 74.5 Å². The zero-order valence-corrected chi connectivity index (χ0v) is 18.5. The van der Waals surface area contributed by atoms with Gasteiger partial charge in [-0.15, -0.1) is 0 Å². The lowest BCUT2D eigenvalue weighted by molar-refractivity contribution is 0.311.